The largest absolute Gasteiger partial charge is 0.444 e. The van der Waals surface area contributed by atoms with Gasteiger partial charge in [0.15, 0.2) is 0 Å². The van der Waals surface area contributed by atoms with Crippen LogP contribution in [0.1, 0.15) is 99.3 Å². The number of likely N-dealkylation sites (tertiary alicyclic amines) is 2. The minimum atomic E-state index is -0.434. The van der Waals surface area contributed by atoms with Crippen molar-refractivity contribution in [3.05, 3.63) is 24.8 Å². The van der Waals surface area contributed by atoms with Gasteiger partial charge in [-0.2, -0.15) is 10.2 Å². The lowest BCUT2D eigenvalue weighted by Gasteiger charge is -2.41. The highest BCUT2D eigenvalue weighted by Crippen LogP contribution is 2.39. The molecule has 6 saturated heterocycles. The topological polar surface area (TPSA) is 113 Å². The van der Waals surface area contributed by atoms with Crippen LogP contribution in [0.5, 0.6) is 0 Å². The van der Waals surface area contributed by atoms with Crippen molar-refractivity contribution in [2.24, 2.45) is 14.1 Å². The summed E-state index contributed by atoms with van der Waals surface area (Å²) < 4.78 is 14.6. The van der Waals surface area contributed by atoms with E-state index in [-0.39, 0.29) is 30.2 Å². The Balaban J connectivity index is 0.000000151. The summed E-state index contributed by atoms with van der Waals surface area (Å²) in [6.07, 6.45) is 19.3. The molecule has 2 aromatic heterocycles. The van der Waals surface area contributed by atoms with Gasteiger partial charge in [-0.25, -0.2) is 9.59 Å². The molecule has 6 aliphatic rings. The van der Waals surface area contributed by atoms with Gasteiger partial charge in [0.05, 0.1) is 23.8 Å². The number of amides is 2. The summed E-state index contributed by atoms with van der Waals surface area (Å²) in [5, 5.41) is 12.0. The number of nitrogens with one attached hydrogen (secondary N) is 1. The summed E-state index contributed by atoms with van der Waals surface area (Å²) in [7, 11) is 3.93. The highest BCUT2D eigenvalue weighted by atomic mass is 35.5. The van der Waals surface area contributed by atoms with Crippen LogP contribution in [0.3, 0.4) is 0 Å². The van der Waals surface area contributed by atoms with Gasteiger partial charge in [0.1, 0.15) is 11.2 Å². The van der Waals surface area contributed by atoms with Crippen molar-refractivity contribution in [2.75, 3.05) is 36.0 Å². The number of aromatic nitrogens is 4. The monoisotopic (exact) mass is 731 g/mol. The Bertz CT molecular complexity index is 1430. The van der Waals surface area contributed by atoms with Crippen molar-refractivity contribution in [3.63, 3.8) is 0 Å². The first-order valence-electron chi connectivity index (χ1n) is 18.9. The van der Waals surface area contributed by atoms with Crippen LogP contribution in [0.25, 0.3) is 0 Å². The molecule has 2 amide bonds. The SMILES string of the molecule is CC(C)(C)OC(=O)N1CC2CCC(C1)N2.Cl.Cn1cc(N2C3CCC2CN(C(=O)OC(C)(C)C)C3)cn1.Cn1cc(N2C3CCCC2CC3)cn1. The Labute approximate surface area is 310 Å². The summed E-state index contributed by atoms with van der Waals surface area (Å²) in [5.41, 5.74) is 1.67. The van der Waals surface area contributed by atoms with Crippen LogP contribution in [0.15, 0.2) is 24.8 Å². The second-order valence-electron chi connectivity index (χ2n) is 17.2. The maximum Gasteiger partial charge on any atom is 0.410 e. The summed E-state index contributed by atoms with van der Waals surface area (Å²) >= 11 is 0. The molecular weight excluding hydrogens is 670 g/mol. The van der Waals surface area contributed by atoms with Crippen molar-refractivity contribution in [1.29, 1.82) is 0 Å². The Hall–Kier alpha value is -3.19. The Kier molecular flexibility index (Phi) is 12.1. The number of nitrogens with zero attached hydrogens (tertiary/aromatic N) is 8. The van der Waals surface area contributed by atoms with Crippen LogP contribution in [0.2, 0.25) is 0 Å². The molecule has 6 atom stereocenters. The minimum absolute atomic E-state index is 0. The third-order valence-electron chi connectivity index (χ3n) is 10.7. The van der Waals surface area contributed by atoms with Crippen molar-refractivity contribution < 1.29 is 19.1 Å². The van der Waals surface area contributed by atoms with Gasteiger partial charge in [0.25, 0.3) is 0 Å². The number of aryl methyl sites for hydroxylation is 2. The molecule has 286 valence electrons. The smallest absolute Gasteiger partial charge is 0.410 e. The number of carbonyl (C=O) groups excluding carboxylic acids is 2. The lowest BCUT2D eigenvalue weighted by atomic mass is 10.0. The molecule has 51 heavy (non-hydrogen) atoms. The molecule has 1 N–H and O–H groups in total. The number of rotatable bonds is 2. The Morgan fingerprint density at radius 2 is 1.02 bits per heavy atom. The summed E-state index contributed by atoms with van der Waals surface area (Å²) in [5.74, 6) is 0. The van der Waals surface area contributed by atoms with E-state index in [1.807, 2.05) is 87.2 Å². The average Bonchev–Trinajstić information content (AvgIpc) is 3.83. The summed E-state index contributed by atoms with van der Waals surface area (Å²) in [6, 6.07) is 3.32. The van der Waals surface area contributed by atoms with Crippen LogP contribution >= 0.6 is 12.4 Å². The molecule has 6 unspecified atom stereocenters. The lowest BCUT2D eigenvalue weighted by Crippen LogP contribution is -2.56. The van der Waals surface area contributed by atoms with E-state index >= 15 is 0 Å². The normalized spacial score (nSPS) is 27.9. The summed E-state index contributed by atoms with van der Waals surface area (Å²) in [6.45, 7) is 14.5. The molecule has 6 fully saturated rings. The molecule has 14 heteroatoms. The van der Waals surface area contributed by atoms with E-state index in [0.717, 1.165) is 56.8 Å². The van der Waals surface area contributed by atoms with Gasteiger partial charge in [-0.05, 0) is 99.3 Å². The molecule has 0 saturated carbocycles. The van der Waals surface area contributed by atoms with Crippen molar-refractivity contribution in [2.45, 2.75) is 147 Å². The number of halogens is 1. The van der Waals surface area contributed by atoms with Crippen LogP contribution in [-0.2, 0) is 23.6 Å². The Morgan fingerprint density at radius 3 is 1.41 bits per heavy atom. The van der Waals surface area contributed by atoms with Crippen LogP contribution in [-0.4, -0.2) is 115 Å². The van der Waals surface area contributed by atoms with Crippen LogP contribution in [0, 0.1) is 0 Å². The van der Waals surface area contributed by atoms with E-state index in [1.54, 1.807) is 0 Å². The van der Waals surface area contributed by atoms with Crippen LogP contribution in [0.4, 0.5) is 21.0 Å². The predicted octanol–water partition coefficient (Wildman–Crippen LogP) is 5.73. The maximum absolute atomic E-state index is 12.2. The number of ether oxygens (including phenoxy) is 2. The quantitative estimate of drug-likeness (QED) is 0.414. The molecule has 2 aromatic rings. The minimum Gasteiger partial charge on any atom is -0.444 e. The first-order valence-corrected chi connectivity index (χ1v) is 18.9. The third-order valence-corrected chi connectivity index (χ3v) is 10.7. The van der Waals surface area contributed by atoms with Gasteiger partial charge >= 0.3 is 12.2 Å². The molecule has 0 aliphatic carbocycles. The highest BCUT2D eigenvalue weighted by molar-refractivity contribution is 5.85. The number of fused-ring (bicyclic) bond motifs is 6. The molecule has 6 aliphatic heterocycles. The van der Waals surface area contributed by atoms with E-state index in [4.69, 9.17) is 9.47 Å². The molecule has 6 bridgehead atoms. The first-order chi connectivity index (χ1) is 23.6. The standard InChI is InChI=1S/C15H24N4O2.C11H17N3.C11H20N2O2.ClH/c1-15(2,3)21-14(20)18-9-11-5-6-12(10-18)19(11)13-7-16-17(4)8-13;1-13-8-11(7-12-13)14-9-3-2-4-10(14)6-5-9;1-11(2,3)15-10(14)13-6-8-4-5-9(7-13)12-8;/h7-8,11-12H,5-6,9-10H2,1-4H3;7-10H,2-6H2,1H3;8-9,12H,4-7H2,1-3H3;1H. The van der Waals surface area contributed by atoms with Gasteiger partial charge in [0, 0.05) is 88.9 Å². The maximum atomic E-state index is 12.2. The molecule has 0 spiro atoms. The van der Waals surface area contributed by atoms with Crippen LogP contribution < -0.4 is 15.1 Å². The van der Waals surface area contributed by atoms with Crippen molar-refractivity contribution in [3.8, 4) is 0 Å². The highest BCUT2D eigenvalue weighted by Gasteiger charge is 2.43. The second-order valence-corrected chi connectivity index (χ2v) is 17.2. The molecule has 0 aromatic carbocycles. The van der Waals surface area contributed by atoms with Gasteiger partial charge in [-0.15, -0.1) is 12.4 Å². The number of hydrogen-bond donors (Lipinski definition) is 1. The third kappa shape index (κ3) is 9.82. The van der Waals surface area contributed by atoms with Gasteiger partial charge in [0.2, 0.25) is 0 Å². The van der Waals surface area contributed by atoms with Gasteiger partial charge in [-0.3, -0.25) is 9.36 Å². The molecule has 13 nitrogen and oxygen atoms in total. The van der Waals surface area contributed by atoms with Crippen molar-refractivity contribution in [1.82, 2.24) is 34.7 Å². The van der Waals surface area contributed by atoms with Crippen molar-refractivity contribution >= 4 is 36.0 Å². The molecule has 8 heterocycles. The summed E-state index contributed by atoms with van der Waals surface area (Å²) in [4.78, 5) is 32.8. The molecule has 8 rings (SSSR count). The first kappa shape index (κ1) is 39.0. The van der Waals surface area contributed by atoms with Gasteiger partial charge < -0.3 is 34.4 Å². The van der Waals surface area contributed by atoms with E-state index in [0.29, 0.717) is 24.2 Å². The lowest BCUT2D eigenvalue weighted by molar-refractivity contribution is 0.0186. The zero-order valence-electron chi connectivity index (χ0n) is 32.1. The zero-order chi connectivity index (χ0) is 35.8. The number of hydrogen-bond acceptors (Lipinski definition) is 9. The number of piperazine rings is 2. The molecular formula is C37H62ClN9O4. The number of anilines is 2. The fourth-order valence-electron chi connectivity index (χ4n) is 8.69. The van der Waals surface area contributed by atoms with E-state index in [1.165, 1.54) is 50.6 Å². The van der Waals surface area contributed by atoms with E-state index in [2.05, 4.69) is 37.7 Å². The number of carbonyl (C=O) groups is 2. The number of piperidine rings is 1. The molecule has 0 radical (unpaired) electrons. The average molecular weight is 732 g/mol. The fraction of sp³-hybridized carbons (Fsp3) is 0.784. The van der Waals surface area contributed by atoms with Gasteiger partial charge in [-0.1, -0.05) is 0 Å². The fourth-order valence-corrected chi connectivity index (χ4v) is 8.69. The van der Waals surface area contributed by atoms with E-state index < -0.39 is 5.60 Å². The Morgan fingerprint density at radius 1 is 0.627 bits per heavy atom. The predicted molar refractivity (Wildman–Crippen MR) is 202 cm³/mol. The zero-order valence-corrected chi connectivity index (χ0v) is 32.9. The van der Waals surface area contributed by atoms with E-state index in [9.17, 15) is 9.59 Å². The second kappa shape index (κ2) is 15.8.